The van der Waals surface area contributed by atoms with Gasteiger partial charge in [0.25, 0.3) is 0 Å². The molecule has 0 fully saturated rings. The molecule has 2 rings (SSSR count). The number of nitrogens with one attached hydrogen (secondary N) is 1. The summed E-state index contributed by atoms with van der Waals surface area (Å²) in [5.41, 5.74) is 1.58. The Morgan fingerprint density at radius 2 is 1.87 bits per heavy atom. The lowest BCUT2D eigenvalue weighted by Crippen LogP contribution is -2.36. The van der Waals surface area contributed by atoms with E-state index in [1.54, 1.807) is 0 Å². The number of aryl methyl sites for hydroxylation is 1. The summed E-state index contributed by atoms with van der Waals surface area (Å²) in [5.74, 6) is -0.545. The van der Waals surface area contributed by atoms with Crippen LogP contribution >= 0.6 is 0 Å². The van der Waals surface area contributed by atoms with Gasteiger partial charge in [-0.3, -0.25) is 4.90 Å². The molecule has 1 heterocycles. The molecule has 1 atom stereocenters. The van der Waals surface area contributed by atoms with Crippen LogP contribution in [0, 0.1) is 5.82 Å². The van der Waals surface area contributed by atoms with E-state index in [1.807, 2.05) is 48.9 Å². The second-order valence-electron chi connectivity index (χ2n) is 5.76. The number of aromatic nitrogens is 1. The third-order valence-corrected chi connectivity index (χ3v) is 5.04. The summed E-state index contributed by atoms with van der Waals surface area (Å²) in [6, 6.07) is 9.31. The molecule has 1 aromatic heterocycles. The standard InChI is InChI=1S/C16H22FN3O2S/c1-19(2)16(15-5-4-10-20(15)3)11-18-23(21,22)12-13-6-8-14(17)9-7-13/h4-10,16,18H,11-12H2,1-3H3. The van der Waals surface area contributed by atoms with E-state index in [-0.39, 0.29) is 24.2 Å². The quantitative estimate of drug-likeness (QED) is 0.838. The van der Waals surface area contributed by atoms with Crippen molar-refractivity contribution in [2.75, 3.05) is 20.6 Å². The smallest absolute Gasteiger partial charge is 0.215 e. The van der Waals surface area contributed by atoms with Crippen LogP contribution in [0.5, 0.6) is 0 Å². The molecule has 0 bridgehead atoms. The average molecular weight is 339 g/mol. The van der Waals surface area contributed by atoms with Gasteiger partial charge in [0, 0.05) is 25.5 Å². The van der Waals surface area contributed by atoms with Crippen molar-refractivity contribution in [1.82, 2.24) is 14.2 Å². The lowest BCUT2D eigenvalue weighted by atomic mass is 10.2. The van der Waals surface area contributed by atoms with E-state index >= 15 is 0 Å². The summed E-state index contributed by atoms with van der Waals surface area (Å²) in [6.07, 6.45) is 1.93. The molecule has 23 heavy (non-hydrogen) atoms. The average Bonchev–Trinajstić information content (AvgIpc) is 2.87. The van der Waals surface area contributed by atoms with Gasteiger partial charge < -0.3 is 4.57 Å². The van der Waals surface area contributed by atoms with E-state index in [1.165, 1.54) is 24.3 Å². The first-order valence-electron chi connectivity index (χ1n) is 7.28. The molecule has 0 saturated heterocycles. The normalized spacial score (nSPS) is 13.4. The molecule has 126 valence electrons. The summed E-state index contributed by atoms with van der Waals surface area (Å²) < 4.78 is 42.0. The van der Waals surface area contributed by atoms with Crippen molar-refractivity contribution in [1.29, 1.82) is 0 Å². The highest BCUT2D eigenvalue weighted by Crippen LogP contribution is 2.18. The van der Waals surface area contributed by atoms with Gasteiger partial charge in [0.15, 0.2) is 0 Å². The topological polar surface area (TPSA) is 54.3 Å². The maximum Gasteiger partial charge on any atom is 0.215 e. The minimum Gasteiger partial charge on any atom is -0.353 e. The van der Waals surface area contributed by atoms with Gasteiger partial charge >= 0.3 is 0 Å². The number of hydrogen-bond donors (Lipinski definition) is 1. The highest BCUT2D eigenvalue weighted by Gasteiger charge is 2.20. The molecule has 0 amide bonds. The Labute approximate surface area is 136 Å². The molecule has 0 radical (unpaired) electrons. The first kappa shape index (κ1) is 17.7. The Morgan fingerprint density at radius 3 is 2.39 bits per heavy atom. The van der Waals surface area contributed by atoms with Gasteiger partial charge in [0.05, 0.1) is 11.8 Å². The van der Waals surface area contributed by atoms with Crippen LogP contribution < -0.4 is 4.72 Å². The van der Waals surface area contributed by atoms with Gasteiger partial charge in [-0.2, -0.15) is 0 Å². The monoisotopic (exact) mass is 339 g/mol. The molecule has 5 nitrogen and oxygen atoms in total. The van der Waals surface area contributed by atoms with Crippen molar-refractivity contribution in [2.45, 2.75) is 11.8 Å². The van der Waals surface area contributed by atoms with Crippen LogP contribution in [-0.4, -0.2) is 38.5 Å². The van der Waals surface area contributed by atoms with E-state index < -0.39 is 10.0 Å². The maximum atomic E-state index is 12.9. The zero-order valence-electron chi connectivity index (χ0n) is 13.5. The summed E-state index contributed by atoms with van der Waals surface area (Å²) in [7, 11) is 2.26. The summed E-state index contributed by atoms with van der Waals surface area (Å²) >= 11 is 0. The first-order chi connectivity index (χ1) is 10.8. The summed E-state index contributed by atoms with van der Waals surface area (Å²) in [6.45, 7) is 0.272. The van der Waals surface area contributed by atoms with Gasteiger partial charge in [-0.25, -0.2) is 17.5 Å². The van der Waals surface area contributed by atoms with Crippen LogP contribution in [0.25, 0.3) is 0 Å². The highest BCUT2D eigenvalue weighted by molar-refractivity contribution is 7.88. The fraction of sp³-hybridized carbons (Fsp3) is 0.375. The van der Waals surface area contributed by atoms with E-state index in [2.05, 4.69) is 4.72 Å². The molecule has 1 N–H and O–H groups in total. The third-order valence-electron chi connectivity index (χ3n) is 3.72. The highest BCUT2D eigenvalue weighted by atomic mass is 32.2. The van der Waals surface area contributed by atoms with Gasteiger partial charge in [-0.05, 0) is 43.9 Å². The van der Waals surface area contributed by atoms with Gasteiger partial charge in [-0.1, -0.05) is 12.1 Å². The Balaban J connectivity index is 2.04. The van der Waals surface area contributed by atoms with Gasteiger partial charge in [0.1, 0.15) is 5.82 Å². The summed E-state index contributed by atoms with van der Waals surface area (Å²) in [4.78, 5) is 1.97. The second-order valence-corrected chi connectivity index (χ2v) is 7.56. The molecule has 0 aliphatic rings. The lowest BCUT2D eigenvalue weighted by Gasteiger charge is -2.25. The molecule has 1 aromatic carbocycles. The molecule has 0 aliphatic carbocycles. The predicted molar refractivity (Wildman–Crippen MR) is 88.9 cm³/mol. The van der Waals surface area contributed by atoms with Crippen LogP contribution in [0.3, 0.4) is 0 Å². The zero-order valence-corrected chi connectivity index (χ0v) is 14.3. The van der Waals surface area contributed by atoms with Crippen LogP contribution in [0.15, 0.2) is 42.6 Å². The molecular weight excluding hydrogens is 317 g/mol. The molecule has 0 spiro atoms. The maximum absolute atomic E-state index is 12.9. The number of nitrogens with zero attached hydrogens (tertiary/aromatic N) is 2. The van der Waals surface area contributed by atoms with Crippen molar-refractivity contribution in [2.24, 2.45) is 7.05 Å². The van der Waals surface area contributed by atoms with E-state index in [0.717, 1.165) is 5.69 Å². The van der Waals surface area contributed by atoms with E-state index in [9.17, 15) is 12.8 Å². The van der Waals surface area contributed by atoms with Crippen molar-refractivity contribution in [3.8, 4) is 0 Å². The molecule has 0 aliphatic heterocycles. The minimum absolute atomic E-state index is 0.0713. The largest absolute Gasteiger partial charge is 0.353 e. The summed E-state index contributed by atoms with van der Waals surface area (Å²) in [5, 5.41) is 0. The number of benzene rings is 1. The minimum atomic E-state index is -3.49. The molecule has 0 saturated carbocycles. The van der Waals surface area contributed by atoms with Gasteiger partial charge in [-0.15, -0.1) is 0 Å². The Kier molecular flexibility index (Phi) is 5.56. The first-order valence-corrected chi connectivity index (χ1v) is 8.93. The fourth-order valence-electron chi connectivity index (χ4n) is 2.43. The lowest BCUT2D eigenvalue weighted by molar-refractivity contribution is 0.289. The Bertz CT molecular complexity index is 739. The number of sulfonamides is 1. The Morgan fingerprint density at radius 1 is 1.22 bits per heavy atom. The number of rotatable bonds is 7. The zero-order chi connectivity index (χ0) is 17.0. The van der Waals surface area contributed by atoms with Crippen LogP contribution in [0.1, 0.15) is 17.3 Å². The van der Waals surface area contributed by atoms with Crippen molar-refractivity contribution in [3.63, 3.8) is 0 Å². The van der Waals surface area contributed by atoms with Crippen LogP contribution in [-0.2, 0) is 22.8 Å². The molecular formula is C16H22FN3O2S. The fourth-order valence-corrected chi connectivity index (χ4v) is 3.57. The van der Waals surface area contributed by atoms with E-state index in [0.29, 0.717) is 5.56 Å². The Hall–Kier alpha value is -1.70. The van der Waals surface area contributed by atoms with Crippen molar-refractivity contribution < 1.29 is 12.8 Å². The third kappa shape index (κ3) is 4.89. The van der Waals surface area contributed by atoms with E-state index in [4.69, 9.17) is 0 Å². The molecule has 1 unspecified atom stereocenters. The van der Waals surface area contributed by atoms with Crippen molar-refractivity contribution in [3.05, 3.63) is 59.7 Å². The SMILES string of the molecule is CN(C)C(CNS(=O)(=O)Cc1ccc(F)cc1)c1cccn1C. The predicted octanol–water partition coefficient (Wildman–Crippen LogP) is 1.89. The van der Waals surface area contributed by atoms with Crippen LogP contribution in [0.4, 0.5) is 4.39 Å². The second kappa shape index (κ2) is 7.25. The number of likely N-dealkylation sites (N-methyl/N-ethyl adjacent to an activating group) is 1. The van der Waals surface area contributed by atoms with Crippen LogP contribution in [0.2, 0.25) is 0 Å². The molecule has 7 heteroatoms. The number of hydrogen-bond acceptors (Lipinski definition) is 3. The van der Waals surface area contributed by atoms with Gasteiger partial charge in [0.2, 0.25) is 10.0 Å². The molecule has 2 aromatic rings. The number of halogens is 1. The van der Waals surface area contributed by atoms with Crippen molar-refractivity contribution >= 4 is 10.0 Å².